The second-order valence-corrected chi connectivity index (χ2v) is 7.70. The highest BCUT2D eigenvalue weighted by molar-refractivity contribution is 6.46. The molecule has 1 atom stereocenters. The molecule has 1 amide bonds. The Kier molecular flexibility index (Phi) is 6.36. The minimum absolute atomic E-state index is 0.0966. The first kappa shape index (κ1) is 21.4. The van der Waals surface area contributed by atoms with Gasteiger partial charge in [-0.25, -0.2) is 0 Å². The molecule has 162 valence electrons. The van der Waals surface area contributed by atoms with Crippen LogP contribution in [-0.4, -0.2) is 28.3 Å². The van der Waals surface area contributed by atoms with Crippen LogP contribution < -0.4 is 4.74 Å². The average molecular weight is 428 g/mol. The Balaban J connectivity index is 1.76. The molecule has 0 aliphatic carbocycles. The van der Waals surface area contributed by atoms with E-state index in [2.05, 4.69) is 0 Å². The molecule has 5 nitrogen and oxygen atoms in total. The van der Waals surface area contributed by atoms with E-state index in [1.165, 1.54) is 4.90 Å². The van der Waals surface area contributed by atoms with Crippen LogP contribution in [0.2, 0.25) is 0 Å². The van der Waals surface area contributed by atoms with Crippen LogP contribution in [0.3, 0.4) is 0 Å². The Morgan fingerprint density at radius 2 is 1.53 bits per heavy atom. The summed E-state index contributed by atoms with van der Waals surface area (Å²) in [6.45, 7) is 2.90. The van der Waals surface area contributed by atoms with Gasteiger partial charge in [0.2, 0.25) is 0 Å². The Morgan fingerprint density at radius 1 is 0.906 bits per heavy atom. The number of rotatable bonds is 7. The van der Waals surface area contributed by atoms with Crippen molar-refractivity contribution in [1.82, 2.24) is 4.90 Å². The molecule has 0 bridgehead atoms. The van der Waals surface area contributed by atoms with Crippen molar-refractivity contribution in [2.75, 3.05) is 6.61 Å². The molecular weight excluding hydrogens is 402 g/mol. The smallest absolute Gasteiger partial charge is 0.295 e. The number of hydrogen-bond acceptors (Lipinski definition) is 4. The van der Waals surface area contributed by atoms with Crippen LogP contribution in [0.4, 0.5) is 0 Å². The number of Topliss-reactive ketones (excluding diaryl/α,β-unsaturated/α-hetero) is 1. The molecular formula is C27H25NO4. The fourth-order valence-electron chi connectivity index (χ4n) is 3.89. The molecule has 0 spiro atoms. The molecule has 1 unspecified atom stereocenters. The summed E-state index contributed by atoms with van der Waals surface area (Å²) in [6, 6.07) is 25.1. The molecule has 1 saturated heterocycles. The SMILES string of the molecule is CCCOc1ccc(/C(O)=C2\C(=O)C(=O)N(Cc3ccccc3)C2c2ccccc2)cc1. The molecule has 1 N–H and O–H groups in total. The number of ether oxygens (including phenoxy) is 1. The maximum atomic E-state index is 13.1. The van der Waals surface area contributed by atoms with E-state index >= 15 is 0 Å². The Hall–Kier alpha value is -3.86. The van der Waals surface area contributed by atoms with Gasteiger partial charge in [-0.2, -0.15) is 0 Å². The molecule has 5 heteroatoms. The van der Waals surface area contributed by atoms with Gasteiger partial charge in [0.05, 0.1) is 18.2 Å². The van der Waals surface area contributed by atoms with Gasteiger partial charge in [0, 0.05) is 12.1 Å². The molecule has 3 aromatic carbocycles. The summed E-state index contributed by atoms with van der Waals surface area (Å²) < 4.78 is 5.60. The van der Waals surface area contributed by atoms with E-state index in [0.29, 0.717) is 17.9 Å². The van der Waals surface area contributed by atoms with Gasteiger partial charge in [0.1, 0.15) is 11.5 Å². The van der Waals surface area contributed by atoms with Gasteiger partial charge in [-0.1, -0.05) is 67.6 Å². The van der Waals surface area contributed by atoms with Gasteiger partial charge in [-0.15, -0.1) is 0 Å². The van der Waals surface area contributed by atoms with E-state index in [4.69, 9.17) is 4.74 Å². The average Bonchev–Trinajstić information content (AvgIpc) is 3.09. The minimum atomic E-state index is -0.682. The van der Waals surface area contributed by atoms with Crippen LogP contribution >= 0.6 is 0 Å². The van der Waals surface area contributed by atoms with E-state index in [0.717, 1.165) is 17.5 Å². The quantitative estimate of drug-likeness (QED) is 0.324. The fourth-order valence-corrected chi connectivity index (χ4v) is 3.89. The number of aliphatic hydroxyl groups is 1. The van der Waals surface area contributed by atoms with Crippen molar-refractivity contribution in [3.63, 3.8) is 0 Å². The number of ketones is 1. The zero-order valence-corrected chi connectivity index (χ0v) is 17.9. The highest BCUT2D eigenvalue weighted by atomic mass is 16.5. The number of benzene rings is 3. The lowest BCUT2D eigenvalue weighted by molar-refractivity contribution is -0.140. The molecule has 0 saturated carbocycles. The van der Waals surface area contributed by atoms with Crippen molar-refractivity contribution < 1.29 is 19.4 Å². The standard InChI is InChI=1S/C27H25NO4/c1-2-17-32-22-15-13-21(14-16-22)25(29)23-24(20-11-7-4-8-12-20)28(27(31)26(23)30)18-19-9-5-3-6-10-19/h3-16,24,29H,2,17-18H2,1H3/b25-23+. The van der Waals surface area contributed by atoms with E-state index in [9.17, 15) is 14.7 Å². The van der Waals surface area contributed by atoms with Crippen LogP contribution in [0.15, 0.2) is 90.5 Å². The number of aliphatic hydroxyl groups excluding tert-OH is 1. The summed E-state index contributed by atoms with van der Waals surface area (Å²) in [5, 5.41) is 11.1. The third-order valence-corrected chi connectivity index (χ3v) is 5.45. The Morgan fingerprint density at radius 3 is 2.16 bits per heavy atom. The molecule has 1 aliphatic heterocycles. The number of hydrogen-bond donors (Lipinski definition) is 1. The molecule has 3 aromatic rings. The van der Waals surface area contributed by atoms with Gasteiger partial charge in [-0.05, 0) is 41.8 Å². The molecule has 0 aromatic heterocycles. The van der Waals surface area contributed by atoms with E-state index < -0.39 is 17.7 Å². The Labute approximate surface area is 187 Å². The summed E-state index contributed by atoms with van der Waals surface area (Å²) in [5.41, 5.74) is 2.24. The van der Waals surface area contributed by atoms with E-state index in [1.54, 1.807) is 24.3 Å². The van der Waals surface area contributed by atoms with Gasteiger partial charge < -0.3 is 14.7 Å². The topological polar surface area (TPSA) is 66.8 Å². The molecule has 1 heterocycles. The third-order valence-electron chi connectivity index (χ3n) is 5.45. The van der Waals surface area contributed by atoms with Crippen molar-refractivity contribution in [2.24, 2.45) is 0 Å². The van der Waals surface area contributed by atoms with Gasteiger partial charge in [0.15, 0.2) is 0 Å². The number of nitrogens with zero attached hydrogens (tertiary/aromatic N) is 1. The predicted octanol–water partition coefficient (Wildman–Crippen LogP) is 5.10. The third kappa shape index (κ3) is 4.28. The molecule has 32 heavy (non-hydrogen) atoms. The zero-order valence-electron chi connectivity index (χ0n) is 17.9. The second kappa shape index (κ2) is 9.52. The number of likely N-dealkylation sites (tertiary alicyclic amines) is 1. The molecule has 4 rings (SSSR count). The van der Waals surface area contributed by atoms with E-state index in [1.807, 2.05) is 67.6 Å². The number of carbonyl (C=O) groups excluding carboxylic acids is 2. The fraction of sp³-hybridized carbons (Fsp3) is 0.185. The van der Waals surface area contributed by atoms with Crippen LogP contribution in [-0.2, 0) is 16.1 Å². The second-order valence-electron chi connectivity index (χ2n) is 7.70. The lowest BCUT2D eigenvalue weighted by atomic mass is 9.95. The van der Waals surface area contributed by atoms with Crippen LogP contribution in [0.1, 0.15) is 36.1 Å². The minimum Gasteiger partial charge on any atom is -0.507 e. The predicted molar refractivity (Wildman–Crippen MR) is 123 cm³/mol. The number of amides is 1. The summed E-state index contributed by atoms with van der Waals surface area (Å²) >= 11 is 0. The van der Waals surface area contributed by atoms with Crippen LogP contribution in [0.25, 0.3) is 5.76 Å². The van der Waals surface area contributed by atoms with Crippen molar-refractivity contribution in [1.29, 1.82) is 0 Å². The lowest BCUT2D eigenvalue weighted by Crippen LogP contribution is -2.29. The van der Waals surface area contributed by atoms with Crippen molar-refractivity contribution in [2.45, 2.75) is 25.9 Å². The molecule has 0 radical (unpaired) electrons. The van der Waals surface area contributed by atoms with Crippen molar-refractivity contribution in [3.05, 3.63) is 107 Å². The largest absolute Gasteiger partial charge is 0.507 e. The first-order chi connectivity index (χ1) is 15.6. The normalized spacial score (nSPS) is 17.5. The monoisotopic (exact) mass is 427 g/mol. The summed E-state index contributed by atoms with van der Waals surface area (Å²) in [7, 11) is 0. The summed E-state index contributed by atoms with van der Waals surface area (Å²) in [6.07, 6.45) is 0.893. The van der Waals surface area contributed by atoms with E-state index in [-0.39, 0.29) is 17.9 Å². The first-order valence-corrected chi connectivity index (χ1v) is 10.7. The van der Waals surface area contributed by atoms with Crippen molar-refractivity contribution in [3.8, 4) is 5.75 Å². The van der Waals surface area contributed by atoms with Crippen LogP contribution in [0, 0.1) is 0 Å². The summed E-state index contributed by atoms with van der Waals surface area (Å²) in [4.78, 5) is 27.6. The first-order valence-electron chi connectivity index (χ1n) is 10.7. The zero-order chi connectivity index (χ0) is 22.5. The van der Waals surface area contributed by atoms with Crippen LogP contribution in [0.5, 0.6) is 5.75 Å². The van der Waals surface area contributed by atoms with Gasteiger partial charge >= 0.3 is 0 Å². The van der Waals surface area contributed by atoms with Crippen molar-refractivity contribution >= 4 is 17.4 Å². The molecule has 1 fully saturated rings. The maximum Gasteiger partial charge on any atom is 0.295 e. The molecule has 1 aliphatic rings. The highest BCUT2D eigenvalue weighted by Crippen LogP contribution is 2.40. The number of carbonyl (C=O) groups is 2. The highest BCUT2D eigenvalue weighted by Gasteiger charge is 2.45. The summed E-state index contributed by atoms with van der Waals surface area (Å²) in [5.74, 6) is -0.798. The van der Waals surface area contributed by atoms with Gasteiger partial charge in [0.25, 0.3) is 11.7 Å². The van der Waals surface area contributed by atoms with Gasteiger partial charge in [-0.3, -0.25) is 9.59 Å². The Bertz CT molecular complexity index is 1120. The maximum absolute atomic E-state index is 13.1. The lowest BCUT2D eigenvalue weighted by Gasteiger charge is -2.25.